The van der Waals surface area contributed by atoms with Gasteiger partial charge in [-0.25, -0.2) is 0 Å². The molecule has 0 spiro atoms. The third-order valence-corrected chi connectivity index (χ3v) is 2.76. The molecule has 0 fully saturated rings. The van der Waals surface area contributed by atoms with E-state index in [-0.39, 0.29) is 6.04 Å². The van der Waals surface area contributed by atoms with Gasteiger partial charge in [-0.3, -0.25) is 4.98 Å². The Labute approximate surface area is 102 Å². The van der Waals surface area contributed by atoms with Crippen molar-refractivity contribution in [3.63, 3.8) is 0 Å². The van der Waals surface area contributed by atoms with E-state index in [1.807, 2.05) is 37.4 Å². The molecule has 0 aliphatic rings. The van der Waals surface area contributed by atoms with Gasteiger partial charge in [-0.1, -0.05) is 18.2 Å². The molecule has 0 amide bonds. The molecule has 0 aliphatic carbocycles. The van der Waals surface area contributed by atoms with Crippen LogP contribution in [0.2, 0.25) is 0 Å². The molecule has 0 aliphatic heterocycles. The van der Waals surface area contributed by atoms with Gasteiger partial charge in [0.05, 0.1) is 12.1 Å². The van der Waals surface area contributed by atoms with Crippen molar-refractivity contribution in [1.82, 2.24) is 4.98 Å². The first kappa shape index (κ1) is 12.0. The molecular formula is C14H18N2O. The highest BCUT2D eigenvalue weighted by molar-refractivity contribution is 5.81. The zero-order chi connectivity index (χ0) is 12.1. The van der Waals surface area contributed by atoms with Crippen molar-refractivity contribution in [1.29, 1.82) is 0 Å². The Hall–Kier alpha value is -1.45. The molecule has 3 nitrogen and oxygen atoms in total. The molecule has 90 valence electrons. The van der Waals surface area contributed by atoms with E-state index in [1.54, 1.807) is 0 Å². The zero-order valence-electron chi connectivity index (χ0n) is 10.1. The van der Waals surface area contributed by atoms with Crippen LogP contribution in [-0.2, 0) is 11.2 Å². The molecule has 0 saturated heterocycles. The second-order valence-corrected chi connectivity index (χ2v) is 4.11. The minimum atomic E-state index is 0.0424. The maximum absolute atomic E-state index is 6.04. The molecule has 0 radical (unpaired) electrons. The maximum Gasteiger partial charge on any atom is 0.0704 e. The molecule has 0 bridgehead atoms. The number of rotatable bonds is 5. The van der Waals surface area contributed by atoms with E-state index < -0.39 is 0 Å². The molecule has 3 heteroatoms. The number of para-hydroxylation sites is 1. The molecule has 2 N–H and O–H groups in total. The lowest BCUT2D eigenvalue weighted by Gasteiger charge is -2.12. The van der Waals surface area contributed by atoms with Crippen molar-refractivity contribution < 1.29 is 4.74 Å². The largest absolute Gasteiger partial charge is 0.380 e. The van der Waals surface area contributed by atoms with Crippen molar-refractivity contribution in [3.05, 3.63) is 42.1 Å². The van der Waals surface area contributed by atoms with Crippen LogP contribution in [0.25, 0.3) is 10.9 Å². The molecule has 1 aromatic carbocycles. The van der Waals surface area contributed by atoms with Gasteiger partial charge in [0.15, 0.2) is 0 Å². The fourth-order valence-electron chi connectivity index (χ4n) is 1.94. The minimum Gasteiger partial charge on any atom is -0.380 e. The van der Waals surface area contributed by atoms with Gasteiger partial charge in [-0.15, -0.1) is 0 Å². The van der Waals surface area contributed by atoms with Crippen molar-refractivity contribution in [2.75, 3.05) is 13.2 Å². The van der Waals surface area contributed by atoms with Crippen LogP contribution in [0, 0.1) is 0 Å². The molecule has 1 unspecified atom stereocenters. The minimum absolute atomic E-state index is 0.0424. The summed E-state index contributed by atoms with van der Waals surface area (Å²) in [4.78, 5) is 4.34. The van der Waals surface area contributed by atoms with Crippen molar-refractivity contribution in [2.45, 2.75) is 19.4 Å². The Morgan fingerprint density at radius 3 is 2.94 bits per heavy atom. The number of pyridine rings is 1. The van der Waals surface area contributed by atoms with Crippen LogP contribution in [0.5, 0.6) is 0 Å². The first-order chi connectivity index (χ1) is 8.31. The normalized spacial score (nSPS) is 12.8. The van der Waals surface area contributed by atoms with E-state index in [0.29, 0.717) is 13.2 Å². The monoisotopic (exact) mass is 230 g/mol. The van der Waals surface area contributed by atoms with Crippen molar-refractivity contribution >= 4 is 10.9 Å². The summed E-state index contributed by atoms with van der Waals surface area (Å²) in [6.07, 6.45) is 2.66. The van der Waals surface area contributed by atoms with Crippen LogP contribution in [0.4, 0.5) is 0 Å². The predicted octanol–water partition coefficient (Wildman–Crippen LogP) is 2.14. The summed E-state index contributed by atoms with van der Waals surface area (Å²) in [5.41, 5.74) is 8.30. The van der Waals surface area contributed by atoms with Gasteiger partial charge >= 0.3 is 0 Å². The van der Waals surface area contributed by atoms with Crippen LogP contribution in [-0.4, -0.2) is 24.2 Å². The van der Waals surface area contributed by atoms with E-state index >= 15 is 0 Å². The predicted molar refractivity (Wildman–Crippen MR) is 69.9 cm³/mol. The molecule has 0 saturated carbocycles. The van der Waals surface area contributed by atoms with Gasteiger partial charge in [-0.05, 0) is 31.0 Å². The molecule has 1 aromatic heterocycles. The van der Waals surface area contributed by atoms with Crippen LogP contribution in [0.15, 0.2) is 36.5 Å². The molecule has 17 heavy (non-hydrogen) atoms. The maximum atomic E-state index is 6.04. The number of benzene rings is 1. The molecule has 2 aromatic rings. The number of fused-ring (bicyclic) bond motifs is 1. The van der Waals surface area contributed by atoms with E-state index in [0.717, 1.165) is 11.9 Å². The summed E-state index contributed by atoms with van der Waals surface area (Å²) in [7, 11) is 0. The summed E-state index contributed by atoms with van der Waals surface area (Å²) in [6.45, 7) is 3.30. The van der Waals surface area contributed by atoms with Gasteiger partial charge in [0, 0.05) is 24.2 Å². The lowest BCUT2D eigenvalue weighted by molar-refractivity contribution is 0.133. The third kappa shape index (κ3) is 3.02. The third-order valence-electron chi connectivity index (χ3n) is 2.76. The molecular weight excluding hydrogens is 212 g/mol. The number of aromatic nitrogens is 1. The summed E-state index contributed by atoms with van der Waals surface area (Å²) in [6, 6.07) is 10.2. The van der Waals surface area contributed by atoms with Gasteiger partial charge in [0.25, 0.3) is 0 Å². The van der Waals surface area contributed by atoms with Crippen LogP contribution in [0.3, 0.4) is 0 Å². The van der Waals surface area contributed by atoms with Crippen LogP contribution >= 0.6 is 0 Å². The average Bonchev–Trinajstić information content (AvgIpc) is 2.37. The molecule has 1 atom stereocenters. The van der Waals surface area contributed by atoms with Gasteiger partial charge in [0.1, 0.15) is 0 Å². The number of nitrogens with zero attached hydrogens (tertiary/aromatic N) is 1. The highest BCUT2D eigenvalue weighted by atomic mass is 16.5. The smallest absolute Gasteiger partial charge is 0.0704 e. The zero-order valence-corrected chi connectivity index (χ0v) is 10.1. The SMILES string of the molecule is CCOCC(N)Cc1ccnc2ccccc12. The Kier molecular flexibility index (Phi) is 4.07. The highest BCUT2D eigenvalue weighted by Gasteiger charge is 2.07. The van der Waals surface area contributed by atoms with Gasteiger partial charge in [-0.2, -0.15) is 0 Å². The van der Waals surface area contributed by atoms with Crippen molar-refractivity contribution in [2.24, 2.45) is 5.73 Å². The van der Waals surface area contributed by atoms with Crippen LogP contribution < -0.4 is 5.73 Å². The fourth-order valence-corrected chi connectivity index (χ4v) is 1.94. The molecule has 2 rings (SSSR count). The number of nitrogens with two attached hydrogens (primary N) is 1. The second-order valence-electron chi connectivity index (χ2n) is 4.11. The van der Waals surface area contributed by atoms with E-state index in [9.17, 15) is 0 Å². The van der Waals surface area contributed by atoms with Gasteiger partial charge in [0.2, 0.25) is 0 Å². The lowest BCUT2D eigenvalue weighted by atomic mass is 10.0. The van der Waals surface area contributed by atoms with E-state index in [2.05, 4.69) is 11.1 Å². The Morgan fingerprint density at radius 2 is 2.12 bits per heavy atom. The summed E-state index contributed by atoms with van der Waals surface area (Å²) in [5.74, 6) is 0. The first-order valence-electron chi connectivity index (χ1n) is 5.97. The second kappa shape index (κ2) is 5.75. The summed E-state index contributed by atoms with van der Waals surface area (Å²) < 4.78 is 5.34. The average molecular weight is 230 g/mol. The molecule has 1 heterocycles. The summed E-state index contributed by atoms with van der Waals surface area (Å²) >= 11 is 0. The topological polar surface area (TPSA) is 48.1 Å². The first-order valence-corrected chi connectivity index (χ1v) is 5.97. The van der Waals surface area contributed by atoms with Crippen molar-refractivity contribution in [3.8, 4) is 0 Å². The standard InChI is InChI=1S/C14H18N2O/c1-2-17-10-12(15)9-11-7-8-16-14-6-4-3-5-13(11)14/h3-8,12H,2,9-10,15H2,1H3. The number of hydrogen-bond donors (Lipinski definition) is 1. The van der Waals surface area contributed by atoms with E-state index in [4.69, 9.17) is 10.5 Å². The summed E-state index contributed by atoms with van der Waals surface area (Å²) in [5, 5.41) is 1.18. The highest BCUT2D eigenvalue weighted by Crippen LogP contribution is 2.17. The van der Waals surface area contributed by atoms with Gasteiger partial charge < -0.3 is 10.5 Å². The number of hydrogen-bond acceptors (Lipinski definition) is 3. The quantitative estimate of drug-likeness (QED) is 0.856. The lowest BCUT2D eigenvalue weighted by Crippen LogP contribution is -2.28. The number of ether oxygens (including phenoxy) is 1. The Balaban J connectivity index is 2.18. The van der Waals surface area contributed by atoms with Crippen LogP contribution in [0.1, 0.15) is 12.5 Å². The Morgan fingerprint density at radius 1 is 1.29 bits per heavy atom. The fraction of sp³-hybridized carbons (Fsp3) is 0.357. The van der Waals surface area contributed by atoms with E-state index in [1.165, 1.54) is 10.9 Å². The Bertz CT molecular complexity index is 479.